The molecule has 0 radical (unpaired) electrons. The van der Waals surface area contributed by atoms with Crippen LogP contribution in [0, 0.1) is 0 Å². The van der Waals surface area contributed by atoms with Gasteiger partial charge in [-0.2, -0.15) is 0 Å². The number of hydrogen-bond donors (Lipinski definition) is 4. The summed E-state index contributed by atoms with van der Waals surface area (Å²) in [5.74, 6) is 2.26. The summed E-state index contributed by atoms with van der Waals surface area (Å²) in [6.07, 6.45) is 6.44. The smallest absolute Gasteiger partial charge is 0.0945 e. The van der Waals surface area contributed by atoms with E-state index in [2.05, 4.69) is 61.1 Å². The van der Waals surface area contributed by atoms with Gasteiger partial charge in [-0.3, -0.25) is 0 Å². The maximum atomic E-state index is 3.39. The molecule has 0 aromatic heterocycles. The number of allylic oxidation sites excluding steroid dienone is 2. The summed E-state index contributed by atoms with van der Waals surface area (Å²) >= 11 is 0. The summed E-state index contributed by atoms with van der Waals surface area (Å²) in [4.78, 5) is 0. The summed E-state index contributed by atoms with van der Waals surface area (Å²) in [6.45, 7) is 12.2. The maximum Gasteiger partial charge on any atom is 0.0945 e. The first kappa shape index (κ1) is 16.7. The quantitative estimate of drug-likeness (QED) is 0.425. The van der Waals surface area contributed by atoms with E-state index in [-0.39, 0.29) is 0 Å². The van der Waals surface area contributed by atoms with Crippen molar-refractivity contribution in [1.82, 2.24) is 21.3 Å². The minimum atomic E-state index is 0.908. The third-order valence-corrected chi connectivity index (χ3v) is 2.31. The van der Waals surface area contributed by atoms with Crippen LogP contribution in [0.25, 0.3) is 0 Å². The lowest BCUT2D eigenvalue weighted by molar-refractivity contribution is 0.634. The molecule has 0 fully saturated rings. The van der Waals surface area contributed by atoms with Crippen molar-refractivity contribution in [3.05, 3.63) is 23.8 Å². The Bertz CT molecular complexity index is 220. The molecule has 0 amide bonds. The summed E-state index contributed by atoms with van der Waals surface area (Å²) in [6, 6.07) is 0. The van der Waals surface area contributed by atoms with E-state index in [1.165, 1.54) is 0 Å². The molecule has 0 aliphatic heterocycles. The molecule has 0 atom stereocenters. The molecule has 4 heteroatoms. The molecule has 0 bridgehead atoms. The molecule has 0 saturated carbocycles. The van der Waals surface area contributed by atoms with Crippen LogP contribution in [0.3, 0.4) is 0 Å². The Balaban J connectivity index is 3.88. The number of hydrogen-bond acceptors (Lipinski definition) is 4. The Morgan fingerprint density at radius 3 is 1.33 bits per heavy atom. The predicted molar refractivity (Wildman–Crippen MR) is 80.1 cm³/mol. The summed E-state index contributed by atoms with van der Waals surface area (Å²) < 4.78 is 0. The first-order valence-electron chi connectivity index (χ1n) is 7.14. The van der Waals surface area contributed by atoms with Gasteiger partial charge in [0, 0.05) is 26.2 Å². The Morgan fingerprint density at radius 2 is 1.06 bits per heavy atom. The van der Waals surface area contributed by atoms with E-state index in [1.807, 2.05) is 0 Å². The average Bonchev–Trinajstić information content (AvgIpc) is 2.35. The highest BCUT2D eigenvalue weighted by atomic mass is 15.1. The van der Waals surface area contributed by atoms with E-state index in [0.717, 1.165) is 50.7 Å². The molecular weight excluding hydrogens is 224 g/mol. The van der Waals surface area contributed by atoms with Crippen LogP contribution in [0.5, 0.6) is 0 Å². The minimum absolute atomic E-state index is 0.908. The standard InChI is InChI=1S/C14H30N4/c1-5-9-13(15-7-3)17-11-12-18-14(10-6-2)16-8-4/h9-10,15-18H,5-8,11-12H2,1-4H3/b13-9-,14-10+. The van der Waals surface area contributed by atoms with Gasteiger partial charge in [0.15, 0.2) is 0 Å². The minimum Gasteiger partial charge on any atom is -0.372 e. The fraction of sp³-hybridized carbons (Fsp3) is 0.714. The Hall–Kier alpha value is -1.32. The van der Waals surface area contributed by atoms with Crippen LogP contribution in [-0.4, -0.2) is 26.2 Å². The van der Waals surface area contributed by atoms with Crippen molar-refractivity contribution < 1.29 is 0 Å². The molecule has 0 heterocycles. The second-order valence-electron chi connectivity index (χ2n) is 3.97. The highest BCUT2D eigenvalue weighted by Gasteiger charge is 1.95. The molecule has 0 spiro atoms. The number of rotatable bonds is 11. The highest BCUT2D eigenvalue weighted by Crippen LogP contribution is 1.88. The van der Waals surface area contributed by atoms with Gasteiger partial charge in [-0.25, -0.2) is 0 Å². The van der Waals surface area contributed by atoms with Gasteiger partial charge in [-0.1, -0.05) is 13.8 Å². The van der Waals surface area contributed by atoms with Crippen molar-refractivity contribution in [3.63, 3.8) is 0 Å². The second kappa shape index (κ2) is 12.1. The van der Waals surface area contributed by atoms with Gasteiger partial charge >= 0.3 is 0 Å². The molecule has 0 aliphatic carbocycles. The van der Waals surface area contributed by atoms with E-state index >= 15 is 0 Å². The van der Waals surface area contributed by atoms with Gasteiger partial charge in [0.05, 0.1) is 11.6 Å². The zero-order chi connectivity index (χ0) is 13.6. The molecular formula is C14H30N4. The first-order chi connectivity index (χ1) is 8.78. The first-order valence-corrected chi connectivity index (χ1v) is 7.14. The monoisotopic (exact) mass is 254 g/mol. The van der Waals surface area contributed by atoms with Crippen molar-refractivity contribution >= 4 is 0 Å². The molecule has 4 N–H and O–H groups in total. The van der Waals surface area contributed by atoms with E-state index in [4.69, 9.17) is 0 Å². The zero-order valence-electron chi connectivity index (χ0n) is 12.4. The van der Waals surface area contributed by atoms with Crippen LogP contribution < -0.4 is 21.3 Å². The van der Waals surface area contributed by atoms with E-state index in [0.29, 0.717) is 0 Å². The molecule has 0 aromatic rings. The largest absolute Gasteiger partial charge is 0.372 e. The Morgan fingerprint density at radius 1 is 0.667 bits per heavy atom. The van der Waals surface area contributed by atoms with Crippen molar-refractivity contribution in [2.75, 3.05) is 26.2 Å². The summed E-state index contributed by atoms with van der Waals surface area (Å²) in [7, 11) is 0. The number of nitrogens with one attached hydrogen (secondary N) is 4. The normalized spacial score (nSPS) is 12.2. The van der Waals surface area contributed by atoms with Gasteiger partial charge in [-0.05, 0) is 38.8 Å². The lowest BCUT2D eigenvalue weighted by Crippen LogP contribution is -2.35. The molecule has 18 heavy (non-hydrogen) atoms. The molecule has 4 nitrogen and oxygen atoms in total. The van der Waals surface area contributed by atoms with Crippen LogP contribution >= 0.6 is 0 Å². The van der Waals surface area contributed by atoms with Crippen LogP contribution in [-0.2, 0) is 0 Å². The van der Waals surface area contributed by atoms with Crippen molar-refractivity contribution in [3.8, 4) is 0 Å². The maximum absolute atomic E-state index is 3.39. The highest BCUT2D eigenvalue weighted by molar-refractivity contribution is 4.98. The molecule has 0 aliphatic rings. The molecule has 0 unspecified atom stereocenters. The average molecular weight is 254 g/mol. The predicted octanol–water partition coefficient (Wildman–Crippen LogP) is 1.89. The van der Waals surface area contributed by atoms with Crippen LogP contribution in [0.1, 0.15) is 40.5 Å². The van der Waals surface area contributed by atoms with Crippen LogP contribution in [0.4, 0.5) is 0 Å². The van der Waals surface area contributed by atoms with Gasteiger partial charge in [0.25, 0.3) is 0 Å². The van der Waals surface area contributed by atoms with Gasteiger partial charge in [0.2, 0.25) is 0 Å². The topological polar surface area (TPSA) is 48.1 Å². The van der Waals surface area contributed by atoms with Crippen molar-refractivity contribution in [2.45, 2.75) is 40.5 Å². The molecule has 0 saturated heterocycles. The van der Waals surface area contributed by atoms with Crippen LogP contribution in [0.2, 0.25) is 0 Å². The summed E-state index contributed by atoms with van der Waals surface area (Å²) in [5, 5.41) is 13.4. The van der Waals surface area contributed by atoms with Crippen molar-refractivity contribution in [2.24, 2.45) is 0 Å². The molecule has 0 rings (SSSR count). The fourth-order valence-corrected chi connectivity index (χ4v) is 1.60. The lowest BCUT2D eigenvalue weighted by Gasteiger charge is -2.15. The zero-order valence-corrected chi connectivity index (χ0v) is 12.4. The Labute approximate surface area is 112 Å². The Kier molecular flexibility index (Phi) is 11.3. The van der Waals surface area contributed by atoms with Gasteiger partial charge in [0.1, 0.15) is 0 Å². The third-order valence-electron chi connectivity index (χ3n) is 2.31. The van der Waals surface area contributed by atoms with E-state index < -0.39 is 0 Å². The van der Waals surface area contributed by atoms with Crippen molar-refractivity contribution in [1.29, 1.82) is 0 Å². The lowest BCUT2D eigenvalue weighted by atomic mass is 10.4. The molecule has 0 aromatic carbocycles. The van der Waals surface area contributed by atoms with Gasteiger partial charge in [-0.15, -0.1) is 0 Å². The van der Waals surface area contributed by atoms with Gasteiger partial charge < -0.3 is 21.3 Å². The van der Waals surface area contributed by atoms with E-state index in [9.17, 15) is 0 Å². The van der Waals surface area contributed by atoms with E-state index in [1.54, 1.807) is 0 Å². The summed E-state index contributed by atoms with van der Waals surface area (Å²) in [5.41, 5.74) is 0. The second-order valence-corrected chi connectivity index (χ2v) is 3.97. The SMILES string of the molecule is CC/C=C(/NCC)NCCN/C(=C/CC)NCC. The molecule has 106 valence electrons. The van der Waals surface area contributed by atoms with Crippen LogP contribution in [0.15, 0.2) is 23.8 Å². The third kappa shape index (κ3) is 8.79. The fourth-order valence-electron chi connectivity index (χ4n) is 1.60.